The number of anilines is 1. The molecule has 1 aromatic carbocycles. The summed E-state index contributed by atoms with van der Waals surface area (Å²) in [6.07, 6.45) is 2.22. The maximum absolute atomic E-state index is 11.0. The van der Waals surface area contributed by atoms with Crippen LogP contribution in [-0.4, -0.2) is 37.1 Å². The monoisotopic (exact) mass is 262 g/mol. The molecule has 0 saturated carbocycles. The van der Waals surface area contributed by atoms with Gasteiger partial charge in [-0.3, -0.25) is 9.69 Å². The lowest BCUT2D eigenvalue weighted by Gasteiger charge is -2.31. The van der Waals surface area contributed by atoms with E-state index in [1.165, 1.54) is 12.5 Å². The molecule has 0 aliphatic carbocycles. The summed E-state index contributed by atoms with van der Waals surface area (Å²) in [7, 11) is 2.16. The highest BCUT2D eigenvalue weighted by atomic mass is 16.5. The molecule has 0 aromatic heterocycles. The molecule has 1 amide bonds. The molecule has 1 aliphatic heterocycles. The smallest absolute Gasteiger partial charge is 0.221 e. The lowest BCUT2D eigenvalue weighted by molar-refractivity contribution is -0.114. The maximum atomic E-state index is 11.0. The van der Waals surface area contributed by atoms with Crippen LogP contribution < -0.4 is 5.32 Å². The first-order chi connectivity index (χ1) is 9.15. The van der Waals surface area contributed by atoms with Gasteiger partial charge >= 0.3 is 0 Å². The molecule has 1 N–H and O–H groups in total. The van der Waals surface area contributed by atoms with Crippen LogP contribution >= 0.6 is 0 Å². The van der Waals surface area contributed by atoms with Crippen molar-refractivity contribution in [3.63, 3.8) is 0 Å². The second-order valence-electron chi connectivity index (χ2n) is 5.14. The van der Waals surface area contributed by atoms with Crippen molar-refractivity contribution >= 4 is 11.6 Å². The van der Waals surface area contributed by atoms with E-state index in [1.807, 2.05) is 12.1 Å². The van der Waals surface area contributed by atoms with Gasteiger partial charge in [-0.25, -0.2) is 0 Å². The Kier molecular flexibility index (Phi) is 4.93. The van der Waals surface area contributed by atoms with Crippen molar-refractivity contribution in [2.24, 2.45) is 0 Å². The van der Waals surface area contributed by atoms with Crippen LogP contribution in [0.4, 0.5) is 5.69 Å². The molecule has 1 fully saturated rings. The lowest BCUT2D eigenvalue weighted by atomic mass is 10.1. The van der Waals surface area contributed by atoms with Gasteiger partial charge in [-0.1, -0.05) is 12.1 Å². The summed E-state index contributed by atoms with van der Waals surface area (Å²) in [5.41, 5.74) is 2.12. The molecule has 2 rings (SSSR count). The molecule has 4 heteroatoms. The predicted octanol–water partition coefficient (Wildman–Crippen LogP) is 2.26. The molecule has 104 valence electrons. The van der Waals surface area contributed by atoms with Crippen LogP contribution in [0, 0.1) is 0 Å². The van der Waals surface area contributed by atoms with Gasteiger partial charge in [-0.2, -0.15) is 0 Å². The van der Waals surface area contributed by atoms with E-state index in [0.717, 1.165) is 38.3 Å². The van der Waals surface area contributed by atoms with Crippen LogP contribution in [0.2, 0.25) is 0 Å². The van der Waals surface area contributed by atoms with E-state index in [0.29, 0.717) is 6.04 Å². The van der Waals surface area contributed by atoms with E-state index in [4.69, 9.17) is 4.74 Å². The molecule has 0 bridgehead atoms. The molecule has 0 unspecified atom stereocenters. The Bertz CT molecular complexity index is 411. The molecule has 0 radical (unpaired) electrons. The third-order valence-electron chi connectivity index (χ3n) is 3.52. The first kappa shape index (κ1) is 14.0. The number of carbonyl (C=O) groups is 1. The van der Waals surface area contributed by atoms with E-state index in [-0.39, 0.29) is 5.91 Å². The predicted molar refractivity (Wildman–Crippen MR) is 76.1 cm³/mol. The van der Waals surface area contributed by atoms with Crippen molar-refractivity contribution in [2.45, 2.75) is 32.4 Å². The molecule has 4 nitrogen and oxygen atoms in total. The first-order valence-corrected chi connectivity index (χ1v) is 6.79. The van der Waals surface area contributed by atoms with Crippen LogP contribution in [0.5, 0.6) is 0 Å². The summed E-state index contributed by atoms with van der Waals surface area (Å²) in [4.78, 5) is 13.3. The van der Waals surface area contributed by atoms with Crippen LogP contribution in [0.25, 0.3) is 0 Å². The van der Waals surface area contributed by atoms with Crippen molar-refractivity contribution in [1.29, 1.82) is 0 Å². The van der Waals surface area contributed by atoms with Crippen molar-refractivity contribution in [3.05, 3.63) is 29.8 Å². The third kappa shape index (κ3) is 4.33. The topological polar surface area (TPSA) is 41.6 Å². The van der Waals surface area contributed by atoms with Gasteiger partial charge < -0.3 is 10.1 Å². The summed E-state index contributed by atoms with van der Waals surface area (Å²) in [6.45, 7) is 4.20. The second-order valence-corrected chi connectivity index (χ2v) is 5.14. The van der Waals surface area contributed by atoms with E-state index in [2.05, 4.69) is 29.4 Å². The van der Waals surface area contributed by atoms with Crippen LogP contribution in [-0.2, 0) is 16.1 Å². The lowest BCUT2D eigenvalue weighted by Crippen LogP contribution is -2.36. The van der Waals surface area contributed by atoms with Crippen LogP contribution in [0.3, 0.4) is 0 Å². The van der Waals surface area contributed by atoms with Crippen molar-refractivity contribution in [2.75, 3.05) is 25.6 Å². The van der Waals surface area contributed by atoms with Gasteiger partial charge in [0.25, 0.3) is 0 Å². The highest BCUT2D eigenvalue weighted by molar-refractivity contribution is 5.88. The van der Waals surface area contributed by atoms with Gasteiger partial charge in [-0.15, -0.1) is 0 Å². The van der Waals surface area contributed by atoms with E-state index in [9.17, 15) is 4.79 Å². The zero-order valence-electron chi connectivity index (χ0n) is 11.7. The third-order valence-corrected chi connectivity index (χ3v) is 3.52. The highest BCUT2D eigenvalue weighted by Crippen LogP contribution is 2.17. The largest absolute Gasteiger partial charge is 0.381 e. The number of benzene rings is 1. The number of hydrogen-bond acceptors (Lipinski definition) is 3. The fourth-order valence-electron chi connectivity index (χ4n) is 2.44. The summed E-state index contributed by atoms with van der Waals surface area (Å²) in [5.74, 6) is -0.0351. The number of carbonyl (C=O) groups excluding carboxylic acids is 1. The van der Waals surface area contributed by atoms with Crippen LogP contribution in [0.1, 0.15) is 25.3 Å². The van der Waals surface area contributed by atoms with Crippen molar-refractivity contribution in [1.82, 2.24) is 4.90 Å². The van der Waals surface area contributed by atoms with E-state index < -0.39 is 0 Å². The SMILES string of the molecule is CC(=O)Nc1ccc(CN(C)C2CCOCC2)cc1. The quantitative estimate of drug-likeness (QED) is 0.905. The minimum atomic E-state index is -0.0351. The van der Waals surface area contributed by atoms with E-state index in [1.54, 1.807) is 0 Å². The molecule has 1 saturated heterocycles. The normalized spacial score (nSPS) is 16.6. The van der Waals surface area contributed by atoms with Gasteiger partial charge in [0.2, 0.25) is 5.91 Å². The molecule has 0 atom stereocenters. The van der Waals surface area contributed by atoms with Crippen LogP contribution in [0.15, 0.2) is 24.3 Å². The number of ether oxygens (including phenoxy) is 1. The molecule has 1 aromatic rings. The second kappa shape index (κ2) is 6.68. The van der Waals surface area contributed by atoms with E-state index >= 15 is 0 Å². The van der Waals surface area contributed by atoms with Crippen molar-refractivity contribution < 1.29 is 9.53 Å². The molecular weight excluding hydrogens is 240 g/mol. The average Bonchev–Trinajstić information content (AvgIpc) is 2.41. The summed E-state index contributed by atoms with van der Waals surface area (Å²) >= 11 is 0. The Labute approximate surface area is 114 Å². The van der Waals surface area contributed by atoms with Crippen molar-refractivity contribution in [3.8, 4) is 0 Å². The Balaban J connectivity index is 1.89. The van der Waals surface area contributed by atoms with Gasteiger partial charge in [0.15, 0.2) is 0 Å². The number of nitrogens with zero attached hydrogens (tertiary/aromatic N) is 1. The number of nitrogens with one attached hydrogen (secondary N) is 1. The Hall–Kier alpha value is -1.39. The zero-order valence-corrected chi connectivity index (χ0v) is 11.7. The summed E-state index contributed by atoms with van der Waals surface area (Å²) in [6, 6.07) is 8.66. The Morgan fingerprint density at radius 1 is 1.32 bits per heavy atom. The number of amides is 1. The molecule has 1 aliphatic rings. The highest BCUT2D eigenvalue weighted by Gasteiger charge is 2.18. The Morgan fingerprint density at radius 3 is 2.53 bits per heavy atom. The number of hydrogen-bond donors (Lipinski definition) is 1. The van der Waals surface area contributed by atoms with Gasteiger partial charge in [0, 0.05) is 38.4 Å². The summed E-state index contributed by atoms with van der Waals surface area (Å²) in [5, 5.41) is 2.78. The molecular formula is C15H22N2O2. The fourth-order valence-corrected chi connectivity index (χ4v) is 2.44. The number of rotatable bonds is 4. The minimum Gasteiger partial charge on any atom is -0.381 e. The molecule has 0 spiro atoms. The molecule has 1 heterocycles. The Morgan fingerprint density at radius 2 is 1.95 bits per heavy atom. The first-order valence-electron chi connectivity index (χ1n) is 6.79. The molecule has 19 heavy (non-hydrogen) atoms. The minimum absolute atomic E-state index is 0.0351. The van der Waals surface area contributed by atoms with Gasteiger partial charge in [0.1, 0.15) is 0 Å². The zero-order chi connectivity index (χ0) is 13.7. The van der Waals surface area contributed by atoms with Gasteiger partial charge in [0.05, 0.1) is 0 Å². The standard InChI is InChI=1S/C15H22N2O2/c1-12(18)16-14-5-3-13(4-6-14)11-17(2)15-7-9-19-10-8-15/h3-6,15H,7-11H2,1-2H3,(H,16,18). The summed E-state index contributed by atoms with van der Waals surface area (Å²) < 4.78 is 5.39. The maximum Gasteiger partial charge on any atom is 0.221 e. The van der Waals surface area contributed by atoms with Gasteiger partial charge in [-0.05, 0) is 37.6 Å². The fraction of sp³-hybridized carbons (Fsp3) is 0.533. The average molecular weight is 262 g/mol.